The van der Waals surface area contributed by atoms with Crippen LogP contribution in [-0.4, -0.2) is 34.4 Å². The van der Waals surface area contributed by atoms with Gasteiger partial charge in [-0.05, 0) is 110 Å². The van der Waals surface area contributed by atoms with E-state index in [0.717, 1.165) is 68.0 Å². The molecule has 1 saturated heterocycles. The van der Waals surface area contributed by atoms with Crippen LogP contribution in [0.4, 0.5) is 0 Å². The third-order valence-electron chi connectivity index (χ3n) is 7.42. The summed E-state index contributed by atoms with van der Waals surface area (Å²) in [6, 6.07) is 23.3. The van der Waals surface area contributed by atoms with Crippen LogP contribution in [0.5, 0.6) is 11.5 Å². The van der Waals surface area contributed by atoms with Crippen LogP contribution in [0.1, 0.15) is 55.7 Å². The van der Waals surface area contributed by atoms with Gasteiger partial charge < -0.3 is 14.2 Å². The van der Waals surface area contributed by atoms with E-state index in [-0.39, 0.29) is 18.0 Å². The third-order valence-corrected chi connectivity index (χ3v) is 8.80. The smallest absolute Gasteiger partial charge is 0.308 e. The molecule has 2 aliphatic carbocycles. The van der Waals surface area contributed by atoms with Gasteiger partial charge in [-0.3, -0.25) is 9.00 Å². The predicted octanol–water partition coefficient (Wildman–Crippen LogP) is 6.67. The summed E-state index contributed by atoms with van der Waals surface area (Å²) in [7, 11) is -0.655. The molecule has 0 atom stereocenters. The second-order valence-electron chi connectivity index (χ2n) is 10.5. The topological polar surface area (TPSA) is 61.8 Å². The molecule has 1 aliphatic heterocycles. The van der Waals surface area contributed by atoms with Gasteiger partial charge in [-0.1, -0.05) is 36.4 Å². The second kappa shape index (κ2) is 13.3. The summed E-state index contributed by atoms with van der Waals surface area (Å²) in [6.45, 7) is 2.92. The predicted molar refractivity (Wildman–Crippen MR) is 156 cm³/mol. The lowest BCUT2D eigenvalue weighted by Crippen LogP contribution is -2.27. The number of esters is 1. The molecular formula is C33H38O5S. The van der Waals surface area contributed by atoms with Crippen molar-refractivity contribution in [2.24, 2.45) is 5.92 Å². The molecule has 0 unspecified atom stereocenters. The monoisotopic (exact) mass is 546 g/mol. The van der Waals surface area contributed by atoms with Crippen LogP contribution in [-0.2, 0) is 39.8 Å². The molecular weight excluding hydrogens is 508 g/mol. The van der Waals surface area contributed by atoms with E-state index < -0.39 is 10.8 Å². The first-order valence-electron chi connectivity index (χ1n) is 14.2. The van der Waals surface area contributed by atoms with Gasteiger partial charge in [0.05, 0.1) is 12.5 Å². The number of hydrogen-bond acceptors (Lipinski definition) is 5. The van der Waals surface area contributed by atoms with Crippen LogP contribution in [0.25, 0.3) is 11.1 Å². The summed E-state index contributed by atoms with van der Waals surface area (Å²) in [5.41, 5.74) is 6.58. The number of carbonyl (C=O) groups excluding carboxylic acids is 1. The van der Waals surface area contributed by atoms with E-state index in [1.165, 1.54) is 27.8 Å². The molecule has 0 spiro atoms. The zero-order valence-electron chi connectivity index (χ0n) is 22.7. The normalized spacial score (nSPS) is 19.8. The van der Waals surface area contributed by atoms with E-state index >= 15 is 0 Å². The first kappa shape index (κ1) is 27.4. The van der Waals surface area contributed by atoms with Gasteiger partial charge in [-0.25, -0.2) is 0 Å². The Morgan fingerprint density at radius 1 is 0.846 bits per heavy atom. The van der Waals surface area contributed by atoms with Gasteiger partial charge in [0, 0.05) is 22.3 Å². The molecule has 0 amide bonds. The van der Waals surface area contributed by atoms with Crippen molar-refractivity contribution in [2.75, 3.05) is 18.1 Å². The average Bonchev–Trinajstić information content (AvgIpc) is 3.82. The summed E-state index contributed by atoms with van der Waals surface area (Å²) < 4.78 is 28.6. The van der Waals surface area contributed by atoms with Crippen LogP contribution >= 0.6 is 0 Å². The highest BCUT2D eigenvalue weighted by Crippen LogP contribution is 2.36. The second-order valence-corrected chi connectivity index (χ2v) is 12.2. The van der Waals surface area contributed by atoms with E-state index in [2.05, 4.69) is 36.4 Å². The van der Waals surface area contributed by atoms with Crippen LogP contribution < -0.4 is 9.47 Å². The fraction of sp³-hybridized carbons (Fsp3) is 0.424. The van der Waals surface area contributed by atoms with E-state index in [4.69, 9.17) is 14.2 Å². The molecule has 0 radical (unpaired) electrons. The summed E-state index contributed by atoms with van der Waals surface area (Å²) >= 11 is 0. The first-order valence-corrected chi connectivity index (χ1v) is 15.7. The van der Waals surface area contributed by atoms with Gasteiger partial charge in [-0.15, -0.1) is 0 Å². The fourth-order valence-corrected chi connectivity index (χ4v) is 6.37. The molecule has 2 fully saturated rings. The molecule has 0 N–H and O–H groups in total. The van der Waals surface area contributed by atoms with Crippen LogP contribution in [0, 0.1) is 5.92 Å². The maximum absolute atomic E-state index is 11.6. The highest BCUT2D eigenvalue weighted by molar-refractivity contribution is 7.85. The minimum absolute atomic E-state index is 0.00694. The average molecular weight is 547 g/mol. The number of carbonyl (C=O) groups is 1. The molecule has 39 heavy (non-hydrogen) atoms. The fourth-order valence-electron chi connectivity index (χ4n) is 5.11. The van der Waals surface area contributed by atoms with E-state index in [1.807, 2.05) is 37.3 Å². The Labute approximate surface area is 234 Å². The standard InChI is InChI=1S/C27H28O3S.C6H10O2/c28-31-15-13-24(14-16-31)30-25-11-12-26-22(18-25)6-4-5-21-10-9-20(17-27(21)26)19-29-23-7-2-1-3-8-23;1-2-8-6(7)5-3-4-5/h1-3,7-12,17-18,24H,4-6,13-16,19H2;5H,2-4H2,1H3. The molecule has 6 heteroatoms. The number of ether oxygens (including phenoxy) is 3. The van der Waals surface area contributed by atoms with Crippen molar-refractivity contribution in [1.29, 1.82) is 0 Å². The molecule has 5 nitrogen and oxygen atoms in total. The van der Waals surface area contributed by atoms with Gasteiger partial charge in [-0.2, -0.15) is 0 Å². The van der Waals surface area contributed by atoms with Crippen LogP contribution in [0.2, 0.25) is 0 Å². The lowest BCUT2D eigenvalue weighted by molar-refractivity contribution is -0.144. The molecule has 0 bridgehead atoms. The van der Waals surface area contributed by atoms with Crippen molar-refractivity contribution in [3.05, 3.63) is 83.4 Å². The summed E-state index contributed by atoms with van der Waals surface area (Å²) in [5, 5.41) is 0. The number of para-hydroxylation sites is 1. The molecule has 1 heterocycles. The molecule has 3 aromatic carbocycles. The van der Waals surface area contributed by atoms with Crippen molar-refractivity contribution in [3.63, 3.8) is 0 Å². The number of aryl methyl sites for hydroxylation is 2. The van der Waals surface area contributed by atoms with Gasteiger partial charge in [0.25, 0.3) is 0 Å². The summed E-state index contributed by atoms with van der Waals surface area (Å²) in [6.07, 6.45) is 7.34. The molecule has 6 rings (SSSR count). The summed E-state index contributed by atoms with van der Waals surface area (Å²) in [4.78, 5) is 10.6. The number of fused-ring (bicyclic) bond motifs is 3. The largest absolute Gasteiger partial charge is 0.490 e. The van der Waals surface area contributed by atoms with Crippen LogP contribution in [0.3, 0.4) is 0 Å². The molecule has 1 saturated carbocycles. The minimum atomic E-state index is -0.655. The van der Waals surface area contributed by atoms with E-state index in [1.54, 1.807) is 0 Å². The van der Waals surface area contributed by atoms with E-state index in [9.17, 15) is 9.00 Å². The lowest BCUT2D eigenvalue weighted by atomic mass is 9.95. The van der Waals surface area contributed by atoms with Crippen molar-refractivity contribution in [1.82, 2.24) is 0 Å². The Morgan fingerprint density at radius 2 is 1.62 bits per heavy atom. The number of hydrogen-bond donors (Lipinski definition) is 0. The number of rotatable bonds is 7. The Morgan fingerprint density at radius 3 is 2.36 bits per heavy atom. The highest BCUT2D eigenvalue weighted by Gasteiger charge is 2.30. The Balaban J connectivity index is 0.000000332. The van der Waals surface area contributed by atoms with Gasteiger partial charge >= 0.3 is 5.97 Å². The highest BCUT2D eigenvalue weighted by atomic mass is 32.2. The Bertz CT molecular complexity index is 1270. The van der Waals surface area contributed by atoms with Crippen molar-refractivity contribution in [3.8, 4) is 22.6 Å². The third kappa shape index (κ3) is 7.72. The van der Waals surface area contributed by atoms with Gasteiger partial charge in [0.15, 0.2) is 0 Å². The van der Waals surface area contributed by atoms with E-state index in [0.29, 0.717) is 13.2 Å². The maximum atomic E-state index is 11.6. The van der Waals surface area contributed by atoms with Crippen molar-refractivity contribution >= 4 is 16.8 Å². The minimum Gasteiger partial charge on any atom is -0.490 e. The van der Waals surface area contributed by atoms with Gasteiger partial charge in [0.2, 0.25) is 0 Å². The first-order chi connectivity index (χ1) is 19.1. The Hall–Kier alpha value is -3.12. The zero-order chi connectivity index (χ0) is 27.0. The zero-order valence-corrected chi connectivity index (χ0v) is 23.5. The van der Waals surface area contributed by atoms with Gasteiger partial charge in [0.1, 0.15) is 24.2 Å². The van der Waals surface area contributed by atoms with Crippen molar-refractivity contribution in [2.45, 2.75) is 64.6 Å². The Kier molecular flexibility index (Phi) is 9.36. The van der Waals surface area contributed by atoms with Crippen molar-refractivity contribution < 1.29 is 23.2 Å². The molecule has 0 aromatic heterocycles. The van der Waals surface area contributed by atoms with Crippen LogP contribution in [0.15, 0.2) is 66.7 Å². The maximum Gasteiger partial charge on any atom is 0.308 e. The number of benzene rings is 3. The quantitative estimate of drug-likeness (QED) is 0.310. The molecule has 3 aliphatic rings. The SMILES string of the molecule is CCOC(=O)C1CC1.O=S1CCC(Oc2ccc3c(c2)CCCc2ccc(COc4ccccc4)cc2-3)CC1. The molecule has 206 valence electrons. The molecule has 3 aromatic rings. The lowest BCUT2D eigenvalue weighted by Gasteiger charge is -2.23. The summed E-state index contributed by atoms with van der Waals surface area (Å²) in [5.74, 6) is 3.62.